The number of nitrogens with two attached hydrogens (primary N) is 1. The summed E-state index contributed by atoms with van der Waals surface area (Å²) in [7, 11) is 0. The zero-order chi connectivity index (χ0) is 14.5. The third-order valence-corrected chi connectivity index (χ3v) is 3.56. The highest BCUT2D eigenvalue weighted by Gasteiger charge is 2.28. The van der Waals surface area contributed by atoms with Gasteiger partial charge in [-0.3, -0.25) is 9.59 Å². The molecular formula is C14H19FN3O2+. The molecule has 1 fully saturated rings. The number of benzene rings is 1. The Balaban J connectivity index is 1.85. The number of piperidine rings is 1. The molecule has 1 aromatic carbocycles. The van der Waals surface area contributed by atoms with E-state index in [1.54, 1.807) is 0 Å². The Hall–Kier alpha value is -1.95. The maximum atomic E-state index is 12.8. The van der Waals surface area contributed by atoms with Gasteiger partial charge in [0.1, 0.15) is 5.82 Å². The lowest BCUT2D eigenvalue weighted by Crippen LogP contribution is -3.14. The van der Waals surface area contributed by atoms with Gasteiger partial charge in [0.05, 0.1) is 19.0 Å². The van der Waals surface area contributed by atoms with Crippen LogP contribution in [0.25, 0.3) is 0 Å². The van der Waals surface area contributed by atoms with E-state index in [1.807, 2.05) is 0 Å². The quantitative estimate of drug-likeness (QED) is 0.698. The van der Waals surface area contributed by atoms with E-state index in [2.05, 4.69) is 5.32 Å². The lowest BCUT2D eigenvalue weighted by atomic mass is 9.97. The van der Waals surface area contributed by atoms with Gasteiger partial charge in [0.25, 0.3) is 5.91 Å². The molecule has 0 saturated carbocycles. The smallest absolute Gasteiger partial charge is 0.279 e. The minimum absolute atomic E-state index is 0.141. The third-order valence-electron chi connectivity index (χ3n) is 3.56. The first-order valence-corrected chi connectivity index (χ1v) is 6.73. The second kappa shape index (κ2) is 6.47. The van der Waals surface area contributed by atoms with Crippen molar-refractivity contribution in [1.82, 2.24) is 0 Å². The summed E-state index contributed by atoms with van der Waals surface area (Å²) >= 11 is 0. The number of hydrogen-bond donors (Lipinski definition) is 3. The Labute approximate surface area is 116 Å². The van der Waals surface area contributed by atoms with Crippen LogP contribution in [0.5, 0.6) is 0 Å². The van der Waals surface area contributed by atoms with E-state index in [1.165, 1.54) is 24.3 Å². The number of carbonyl (C=O) groups excluding carboxylic acids is 2. The maximum absolute atomic E-state index is 12.8. The molecule has 0 spiro atoms. The number of likely N-dealkylation sites (tertiary alicyclic amines) is 1. The van der Waals surface area contributed by atoms with Gasteiger partial charge in [-0.2, -0.15) is 0 Å². The molecule has 1 saturated heterocycles. The molecule has 1 aliphatic rings. The van der Waals surface area contributed by atoms with Crippen molar-refractivity contribution in [3.8, 4) is 0 Å². The van der Waals surface area contributed by atoms with Gasteiger partial charge in [0.2, 0.25) is 5.91 Å². The van der Waals surface area contributed by atoms with Crippen LogP contribution in [0.1, 0.15) is 12.8 Å². The Kier molecular flexibility index (Phi) is 4.68. The first-order chi connectivity index (χ1) is 9.54. The van der Waals surface area contributed by atoms with Crippen LogP contribution < -0.4 is 16.0 Å². The summed E-state index contributed by atoms with van der Waals surface area (Å²) in [5.74, 6) is -0.913. The number of anilines is 1. The molecule has 0 aliphatic carbocycles. The second-order valence-corrected chi connectivity index (χ2v) is 5.18. The third kappa shape index (κ3) is 4.03. The van der Waals surface area contributed by atoms with Gasteiger partial charge >= 0.3 is 0 Å². The second-order valence-electron chi connectivity index (χ2n) is 5.18. The molecule has 6 heteroatoms. The Morgan fingerprint density at radius 3 is 2.70 bits per heavy atom. The van der Waals surface area contributed by atoms with Gasteiger partial charge in [0.15, 0.2) is 6.54 Å². The average molecular weight is 280 g/mol. The highest BCUT2D eigenvalue weighted by molar-refractivity contribution is 5.91. The van der Waals surface area contributed by atoms with Crippen LogP contribution in [0.4, 0.5) is 10.1 Å². The molecule has 1 aliphatic heterocycles. The van der Waals surface area contributed by atoms with Crippen LogP contribution in [-0.2, 0) is 9.59 Å². The lowest BCUT2D eigenvalue weighted by Gasteiger charge is -2.27. The molecule has 2 atom stereocenters. The monoisotopic (exact) mass is 280 g/mol. The average Bonchev–Trinajstić information content (AvgIpc) is 2.41. The Morgan fingerprint density at radius 2 is 2.05 bits per heavy atom. The van der Waals surface area contributed by atoms with Crippen molar-refractivity contribution >= 4 is 17.5 Å². The van der Waals surface area contributed by atoms with Gasteiger partial charge in [-0.15, -0.1) is 0 Å². The zero-order valence-electron chi connectivity index (χ0n) is 11.2. The van der Waals surface area contributed by atoms with Crippen LogP contribution in [0.2, 0.25) is 0 Å². The van der Waals surface area contributed by atoms with E-state index >= 15 is 0 Å². The predicted octanol–water partition coefficient (Wildman–Crippen LogP) is -0.456. The molecule has 1 heterocycles. The van der Waals surface area contributed by atoms with Crippen molar-refractivity contribution < 1.29 is 18.9 Å². The van der Waals surface area contributed by atoms with Crippen molar-refractivity contribution in [2.45, 2.75) is 12.8 Å². The molecule has 0 radical (unpaired) electrons. The molecule has 20 heavy (non-hydrogen) atoms. The number of carbonyl (C=O) groups is 2. The highest BCUT2D eigenvalue weighted by atomic mass is 19.1. The number of quaternary nitrogens is 1. The summed E-state index contributed by atoms with van der Waals surface area (Å²) in [6.07, 6.45) is 1.70. The maximum Gasteiger partial charge on any atom is 0.279 e. The molecule has 2 rings (SSSR count). The SMILES string of the molecule is NC(=O)[C@@H]1CCC[NH+](CC(=O)Nc2ccc(F)cc2)C1. The molecular weight excluding hydrogens is 261 g/mol. The fraction of sp³-hybridized carbons (Fsp3) is 0.429. The van der Waals surface area contributed by atoms with Crippen molar-refractivity contribution in [2.24, 2.45) is 11.7 Å². The zero-order valence-corrected chi connectivity index (χ0v) is 11.2. The van der Waals surface area contributed by atoms with Crippen LogP contribution in [0.15, 0.2) is 24.3 Å². The predicted molar refractivity (Wildman–Crippen MR) is 72.5 cm³/mol. The summed E-state index contributed by atoms with van der Waals surface area (Å²) in [4.78, 5) is 24.1. The fourth-order valence-corrected chi connectivity index (χ4v) is 2.52. The van der Waals surface area contributed by atoms with Crippen LogP contribution in [0, 0.1) is 11.7 Å². The fourth-order valence-electron chi connectivity index (χ4n) is 2.52. The van der Waals surface area contributed by atoms with E-state index in [0.29, 0.717) is 18.8 Å². The van der Waals surface area contributed by atoms with Crippen LogP contribution in [-0.4, -0.2) is 31.4 Å². The molecule has 1 aromatic rings. The summed E-state index contributed by atoms with van der Waals surface area (Å²) in [5.41, 5.74) is 5.88. The summed E-state index contributed by atoms with van der Waals surface area (Å²) in [6.45, 7) is 1.76. The molecule has 108 valence electrons. The topological polar surface area (TPSA) is 76.6 Å². The van der Waals surface area contributed by atoms with Crippen LogP contribution >= 0.6 is 0 Å². The van der Waals surface area contributed by atoms with E-state index < -0.39 is 0 Å². The van der Waals surface area contributed by atoms with Gasteiger partial charge in [0, 0.05) is 5.69 Å². The number of hydrogen-bond acceptors (Lipinski definition) is 2. The van der Waals surface area contributed by atoms with Crippen molar-refractivity contribution in [1.29, 1.82) is 0 Å². The molecule has 4 N–H and O–H groups in total. The molecule has 2 amide bonds. The van der Waals surface area contributed by atoms with Gasteiger partial charge < -0.3 is 16.0 Å². The lowest BCUT2D eigenvalue weighted by molar-refractivity contribution is -0.899. The number of primary amides is 1. The van der Waals surface area contributed by atoms with E-state index in [9.17, 15) is 14.0 Å². The highest BCUT2D eigenvalue weighted by Crippen LogP contribution is 2.08. The molecule has 5 nitrogen and oxygen atoms in total. The standard InChI is InChI=1S/C14H18FN3O2/c15-11-3-5-12(6-4-11)17-13(19)9-18-7-1-2-10(8-18)14(16)20/h3-6,10H,1-2,7-9H2,(H2,16,20)(H,17,19)/p+1/t10-/m1/s1. The van der Waals surface area contributed by atoms with Crippen molar-refractivity contribution in [3.05, 3.63) is 30.1 Å². The van der Waals surface area contributed by atoms with Gasteiger partial charge in [-0.1, -0.05) is 0 Å². The van der Waals surface area contributed by atoms with E-state index in [0.717, 1.165) is 24.3 Å². The number of rotatable bonds is 4. The minimum Gasteiger partial charge on any atom is -0.369 e. The largest absolute Gasteiger partial charge is 0.369 e. The van der Waals surface area contributed by atoms with Crippen LogP contribution in [0.3, 0.4) is 0 Å². The molecule has 1 unspecified atom stereocenters. The number of halogens is 1. The first-order valence-electron chi connectivity index (χ1n) is 6.73. The Morgan fingerprint density at radius 1 is 1.35 bits per heavy atom. The molecule has 0 aromatic heterocycles. The summed E-state index contributed by atoms with van der Waals surface area (Å²) < 4.78 is 12.8. The minimum atomic E-state index is -0.339. The normalized spacial score (nSPS) is 22.2. The number of amides is 2. The summed E-state index contributed by atoms with van der Waals surface area (Å²) in [5, 5.41) is 2.72. The van der Waals surface area contributed by atoms with Gasteiger partial charge in [-0.25, -0.2) is 4.39 Å². The van der Waals surface area contributed by atoms with Gasteiger partial charge in [-0.05, 0) is 37.1 Å². The number of nitrogens with one attached hydrogen (secondary N) is 2. The van der Waals surface area contributed by atoms with Crippen molar-refractivity contribution in [3.63, 3.8) is 0 Å². The Bertz CT molecular complexity index is 490. The van der Waals surface area contributed by atoms with Crippen molar-refractivity contribution in [2.75, 3.05) is 25.0 Å². The summed E-state index contributed by atoms with van der Waals surface area (Å²) in [6, 6.07) is 5.63. The van der Waals surface area contributed by atoms with E-state index in [4.69, 9.17) is 5.73 Å². The molecule has 0 bridgehead atoms. The first kappa shape index (κ1) is 14.5. The van der Waals surface area contributed by atoms with E-state index in [-0.39, 0.29) is 23.5 Å².